The summed E-state index contributed by atoms with van der Waals surface area (Å²) >= 11 is 1.14. The van der Waals surface area contributed by atoms with Crippen molar-refractivity contribution < 1.29 is 22.8 Å². The van der Waals surface area contributed by atoms with Crippen LogP contribution in [0.4, 0.5) is 13.2 Å². The zero-order valence-electron chi connectivity index (χ0n) is 18.2. The van der Waals surface area contributed by atoms with Crippen LogP contribution in [-0.4, -0.2) is 43.9 Å². The summed E-state index contributed by atoms with van der Waals surface area (Å²) < 4.78 is 43.3. The van der Waals surface area contributed by atoms with Crippen molar-refractivity contribution in [1.82, 2.24) is 19.7 Å². The van der Waals surface area contributed by atoms with Crippen molar-refractivity contribution in [3.8, 4) is 0 Å². The standard InChI is InChI=1S/C23H18F3N5O3S/c24-12-7-15(25)14(16(26)8-12)10-20-28-29-21(35-20)17-1-3-23(4-5-27-34-23)19-11-31(17)22(33)18-9-13(32)2-6-30(18)19/h2,5-9,17,19H,1,3-4,10-11H2. The van der Waals surface area contributed by atoms with Gasteiger partial charge in [0.1, 0.15) is 33.2 Å². The van der Waals surface area contributed by atoms with Crippen molar-refractivity contribution in [3.63, 3.8) is 0 Å². The van der Waals surface area contributed by atoms with Crippen molar-refractivity contribution in [2.75, 3.05) is 6.54 Å². The Hall–Kier alpha value is -3.54. The average molecular weight is 501 g/mol. The molecule has 12 heteroatoms. The summed E-state index contributed by atoms with van der Waals surface area (Å²) in [6.07, 6.45) is 4.75. The van der Waals surface area contributed by atoms with Crippen LogP contribution < -0.4 is 5.43 Å². The van der Waals surface area contributed by atoms with E-state index in [-0.39, 0.29) is 35.1 Å². The third kappa shape index (κ3) is 3.54. The molecule has 1 spiro atoms. The van der Waals surface area contributed by atoms with Gasteiger partial charge in [0, 0.05) is 61.6 Å². The number of nitrogens with zero attached hydrogens (tertiary/aromatic N) is 5. The largest absolute Gasteiger partial charge is 0.387 e. The molecule has 180 valence electrons. The van der Waals surface area contributed by atoms with Gasteiger partial charge in [-0.25, -0.2) is 13.2 Å². The second kappa shape index (κ2) is 8.01. The molecule has 0 radical (unpaired) electrons. The van der Waals surface area contributed by atoms with Crippen molar-refractivity contribution in [2.24, 2.45) is 5.16 Å². The van der Waals surface area contributed by atoms with E-state index in [1.807, 2.05) is 0 Å². The number of hydrogen-bond donors (Lipinski definition) is 0. The van der Waals surface area contributed by atoms with Gasteiger partial charge in [0.05, 0.1) is 12.1 Å². The van der Waals surface area contributed by atoms with E-state index in [4.69, 9.17) is 4.84 Å². The van der Waals surface area contributed by atoms with Crippen LogP contribution in [-0.2, 0) is 11.3 Å². The molecule has 1 saturated heterocycles. The van der Waals surface area contributed by atoms with E-state index < -0.39 is 29.1 Å². The Balaban J connectivity index is 1.37. The highest BCUT2D eigenvalue weighted by Gasteiger charge is 2.53. The first-order chi connectivity index (χ1) is 16.8. The topological polar surface area (TPSA) is 89.7 Å². The Morgan fingerprint density at radius 1 is 1.14 bits per heavy atom. The normalized spacial score (nSPS) is 25.0. The van der Waals surface area contributed by atoms with E-state index in [9.17, 15) is 22.8 Å². The number of halogens is 3. The van der Waals surface area contributed by atoms with Crippen LogP contribution in [0.5, 0.6) is 0 Å². The minimum atomic E-state index is -0.996. The quantitative estimate of drug-likeness (QED) is 0.549. The predicted octanol–water partition coefficient (Wildman–Crippen LogP) is 3.38. The summed E-state index contributed by atoms with van der Waals surface area (Å²) in [4.78, 5) is 33.0. The number of pyridine rings is 1. The van der Waals surface area contributed by atoms with E-state index in [1.165, 1.54) is 12.1 Å². The first kappa shape index (κ1) is 22.0. The molecule has 5 heterocycles. The van der Waals surface area contributed by atoms with Gasteiger partial charge < -0.3 is 14.3 Å². The average Bonchev–Trinajstić information content (AvgIpc) is 3.45. The zero-order valence-corrected chi connectivity index (χ0v) is 19.0. The minimum Gasteiger partial charge on any atom is -0.387 e. The lowest BCUT2D eigenvalue weighted by Crippen LogP contribution is -2.50. The zero-order chi connectivity index (χ0) is 24.3. The number of oxime groups is 1. The maximum absolute atomic E-state index is 14.1. The van der Waals surface area contributed by atoms with Gasteiger partial charge >= 0.3 is 0 Å². The van der Waals surface area contributed by atoms with E-state index in [1.54, 1.807) is 21.9 Å². The van der Waals surface area contributed by atoms with E-state index in [0.29, 0.717) is 48.0 Å². The van der Waals surface area contributed by atoms with Gasteiger partial charge in [-0.1, -0.05) is 16.5 Å². The monoisotopic (exact) mass is 501 g/mol. The van der Waals surface area contributed by atoms with E-state index >= 15 is 0 Å². The Labute approximate surface area is 200 Å². The number of fused-ring (bicyclic) bond motifs is 5. The summed E-state index contributed by atoms with van der Waals surface area (Å²) in [5.74, 6) is -3.30. The molecule has 3 unspecified atom stereocenters. The molecule has 1 amide bonds. The number of amides is 1. The Kier molecular flexibility index (Phi) is 5.02. The lowest BCUT2D eigenvalue weighted by Gasteiger charge is -2.41. The molecule has 35 heavy (non-hydrogen) atoms. The molecule has 0 aliphatic carbocycles. The first-order valence-electron chi connectivity index (χ1n) is 11.0. The van der Waals surface area contributed by atoms with Gasteiger partial charge in [-0.2, -0.15) is 0 Å². The van der Waals surface area contributed by atoms with Gasteiger partial charge in [-0.15, -0.1) is 10.2 Å². The molecule has 3 aromatic rings. The molecule has 3 aliphatic heterocycles. The molecule has 1 fully saturated rings. The maximum Gasteiger partial charge on any atom is 0.271 e. The second-order valence-corrected chi connectivity index (χ2v) is 9.98. The molecule has 8 nitrogen and oxygen atoms in total. The van der Waals surface area contributed by atoms with Gasteiger partial charge in [0.15, 0.2) is 11.0 Å². The molecule has 2 bridgehead atoms. The number of rotatable bonds is 3. The molecule has 0 saturated carbocycles. The number of hydrogen-bond acceptors (Lipinski definition) is 7. The molecular weight excluding hydrogens is 483 g/mol. The van der Waals surface area contributed by atoms with Crippen LogP contribution in [0.3, 0.4) is 0 Å². The summed E-state index contributed by atoms with van der Waals surface area (Å²) in [5.41, 5.74) is -0.991. The smallest absolute Gasteiger partial charge is 0.271 e. The van der Waals surface area contributed by atoms with Crippen LogP contribution in [0.2, 0.25) is 0 Å². The number of carbonyl (C=O) groups is 1. The summed E-state index contributed by atoms with van der Waals surface area (Å²) in [6.45, 7) is 0.318. The van der Waals surface area contributed by atoms with E-state index in [0.717, 1.165) is 11.3 Å². The molecule has 2 aromatic heterocycles. The third-order valence-corrected chi connectivity index (χ3v) is 7.94. The lowest BCUT2D eigenvalue weighted by molar-refractivity contribution is -0.0653. The van der Waals surface area contributed by atoms with Crippen LogP contribution in [0, 0.1) is 17.5 Å². The van der Waals surface area contributed by atoms with Crippen LogP contribution in [0.1, 0.15) is 57.4 Å². The highest BCUT2D eigenvalue weighted by molar-refractivity contribution is 7.11. The fourth-order valence-corrected chi connectivity index (χ4v) is 6.17. The fourth-order valence-electron chi connectivity index (χ4n) is 5.17. The van der Waals surface area contributed by atoms with Crippen molar-refractivity contribution in [1.29, 1.82) is 0 Å². The first-order valence-corrected chi connectivity index (χ1v) is 11.9. The molecule has 3 aliphatic rings. The highest BCUT2D eigenvalue weighted by Crippen LogP contribution is 2.47. The van der Waals surface area contributed by atoms with Crippen molar-refractivity contribution >= 4 is 23.5 Å². The third-order valence-electron chi connectivity index (χ3n) is 6.91. The van der Waals surface area contributed by atoms with Crippen molar-refractivity contribution in [2.45, 2.75) is 43.4 Å². The summed E-state index contributed by atoms with van der Waals surface area (Å²) in [6, 6.07) is 3.26. The molecule has 1 aromatic carbocycles. The summed E-state index contributed by atoms with van der Waals surface area (Å²) in [5, 5.41) is 13.2. The lowest BCUT2D eigenvalue weighted by atomic mass is 9.86. The molecule has 3 atom stereocenters. The fraction of sp³-hybridized carbons (Fsp3) is 0.348. The Morgan fingerprint density at radius 2 is 1.94 bits per heavy atom. The van der Waals surface area contributed by atoms with Gasteiger partial charge in [-0.05, 0) is 12.8 Å². The Bertz CT molecular complexity index is 1410. The molecular formula is C23H18F3N5O3S. The SMILES string of the molecule is O=C1c2cc(=O)ccn2C2CN1C(c1nnc(Cc3c(F)cc(F)cc3F)s1)CCC21CC=NO1. The van der Waals surface area contributed by atoms with Gasteiger partial charge in [0.25, 0.3) is 5.91 Å². The summed E-state index contributed by atoms with van der Waals surface area (Å²) in [7, 11) is 0. The number of carbonyl (C=O) groups excluding carboxylic acids is 1. The minimum absolute atomic E-state index is 0.196. The van der Waals surface area contributed by atoms with Crippen LogP contribution in [0.25, 0.3) is 0 Å². The second-order valence-electron chi connectivity index (χ2n) is 8.89. The van der Waals surface area contributed by atoms with Crippen molar-refractivity contribution in [3.05, 3.63) is 79.4 Å². The number of aromatic nitrogens is 3. The molecule has 6 rings (SSSR count). The predicted molar refractivity (Wildman–Crippen MR) is 119 cm³/mol. The maximum atomic E-state index is 14.1. The van der Waals surface area contributed by atoms with Gasteiger partial charge in [-0.3, -0.25) is 9.59 Å². The van der Waals surface area contributed by atoms with E-state index in [2.05, 4.69) is 15.4 Å². The van der Waals surface area contributed by atoms with Crippen LogP contribution in [0.15, 0.2) is 40.4 Å². The number of benzene rings is 1. The van der Waals surface area contributed by atoms with Crippen LogP contribution >= 0.6 is 11.3 Å². The Morgan fingerprint density at radius 3 is 2.69 bits per heavy atom. The molecule has 0 N–H and O–H groups in total. The van der Waals surface area contributed by atoms with Gasteiger partial charge in [0.2, 0.25) is 0 Å². The highest BCUT2D eigenvalue weighted by atomic mass is 32.1.